The van der Waals surface area contributed by atoms with Crippen LogP contribution < -0.4 is 0 Å². The Labute approximate surface area is 119 Å². The first kappa shape index (κ1) is 14.2. The number of non-ortho nitro benzene ring substituents is 1. The van der Waals surface area contributed by atoms with Crippen LogP contribution in [-0.2, 0) is 0 Å². The fourth-order valence-corrected chi connectivity index (χ4v) is 1.75. The van der Waals surface area contributed by atoms with Gasteiger partial charge in [-0.1, -0.05) is 24.3 Å². The summed E-state index contributed by atoms with van der Waals surface area (Å²) in [7, 11) is 0. The molecular formula is C14H10N2O5. The van der Waals surface area contributed by atoms with Gasteiger partial charge in [-0.05, 0) is 18.2 Å². The van der Waals surface area contributed by atoms with Crippen LogP contribution in [0.25, 0.3) is 12.2 Å². The highest BCUT2D eigenvalue weighted by Gasteiger charge is 2.17. The van der Waals surface area contributed by atoms with E-state index < -0.39 is 9.85 Å². The third-order valence-electron chi connectivity index (χ3n) is 2.80. The Bertz CT molecular complexity index is 740. The van der Waals surface area contributed by atoms with Crippen molar-refractivity contribution in [3.8, 4) is 5.75 Å². The summed E-state index contributed by atoms with van der Waals surface area (Å²) in [5.41, 5.74) is -0.00344. The number of hydrogen-bond acceptors (Lipinski definition) is 5. The Kier molecular flexibility index (Phi) is 3.94. The molecule has 0 bridgehead atoms. The van der Waals surface area contributed by atoms with Crippen molar-refractivity contribution in [1.82, 2.24) is 0 Å². The zero-order valence-electron chi connectivity index (χ0n) is 10.7. The Balaban J connectivity index is 2.42. The van der Waals surface area contributed by atoms with E-state index in [0.717, 1.165) is 6.07 Å². The van der Waals surface area contributed by atoms with Crippen molar-refractivity contribution in [2.45, 2.75) is 0 Å². The van der Waals surface area contributed by atoms with Crippen molar-refractivity contribution in [3.63, 3.8) is 0 Å². The van der Waals surface area contributed by atoms with Crippen LogP contribution in [0.15, 0.2) is 42.5 Å². The largest absolute Gasteiger partial charge is 0.507 e. The average molecular weight is 286 g/mol. The number of phenolic OH excluding ortho intramolecular Hbond substituents is 1. The molecule has 0 heterocycles. The molecule has 2 rings (SSSR count). The summed E-state index contributed by atoms with van der Waals surface area (Å²) in [6.45, 7) is 0. The molecule has 0 spiro atoms. The van der Waals surface area contributed by atoms with Crippen LogP contribution in [0.1, 0.15) is 11.1 Å². The van der Waals surface area contributed by atoms with Crippen molar-refractivity contribution in [1.29, 1.82) is 0 Å². The van der Waals surface area contributed by atoms with Crippen molar-refractivity contribution < 1.29 is 15.0 Å². The van der Waals surface area contributed by atoms with Gasteiger partial charge in [-0.3, -0.25) is 20.2 Å². The molecule has 0 fully saturated rings. The first-order valence-corrected chi connectivity index (χ1v) is 5.88. The second-order valence-electron chi connectivity index (χ2n) is 4.15. The number of rotatable bonds is 4. The predicted molar refractivity (Wildman–Crippen MR) is 76.8 cm³/mol. The minimum Gasteiger partial charge on any atom is -0.507 e. The molecule has 2 aromatic carbocycles. The monoisotopic (exact) mass is 286 g/mol. The Morgan fingerprint density at radius 2 is 1.57 bits per heavy atom. The molecule has 0 amide bonds. The summed E-state index contributed by atoms with van der Waals surface area (Å²) in [5, 5.41) is 31.2. The second-order valence-corrected chi connectivity index (χ2v) is 4.15. The highest BCUT2D eigenvalue weighted by Crippen LogP contribution is 2.27. The minimum absolute atomic E-state index is 0.0401. The minimum atomic E-state index is -0.691. The maximum atomic E-state index is 11.0. The first-order valence-electron chi connectivity index (χ1n) is 5.88. The molecule has 0 saturated carbocycles. The third kappa shape index (κ3) is 3.21. The van der Waals surface area contributed by atoms with Gasteiger partial charge in [-0.15, -0.1) is 0 Å². The van der Waals surface area contributed by atoms with Crippen LogP contribution in [0.5, 0.6) is 5.75 Å². The van der Waals surface area contributed by atoms with E-state index in [1.54, 1.807) is 18.2 Å². The summed E-state index contributed by atoms with van der Waals surface area (Å²) in [6.07, 6.45) is 2.93. The van der Waals surface area contributed by atoms with Gasteiger partial charge in [0.05, 0.1) is 21.5 Å². The summed E-state index contributed by atoms with van der Waals surface area (Å²) in [4.78, 5) is 20.2. The van der Waals surface area contributed by atoms with Gasteiger partial charge < -0.3 is 5.11 Å². The fourth-order valence-electron chi connectivity index (χ4n) is 1.75. The lowest BCUT2D eigenvalue weighted by Crippen LogP contribution is -1.94. The van der Waals surface area contributed by atoms with Gasteiger partial charge in [-0.25, -0.2) is 0 Å². The maximum Gasteiger partial charge on any atom is 0.283 e. The number of nitro groups is 2. The molecular weight excluding hydrogens is 276 g/mol. The van der Waals surface area contributed by atoms with Gasteiger partial charge in [0.1, 0.15) is 5.75 Å². The molecule has 7 heteroatoms. The average Bonchev–Trinajstić information content (AvgIpc) is 2.46. The van der Waals surface area contributed by atoms with Gasteiger partial charge in [0.15, 0.2) is 0 Å². The highest BCUT2D eigenvalue weighted by molar-refractivity contribution is 5.76. The van der Waals surface area contributed by atoms with E-state index in [2.05, 4.69) is 0 Å². The lowest BCUT2D eigenvalue weighted by molar-refractivity contribution is -0.394. The summed E-state index contributed by atoms with van der Waals surface area (Å²) >= 11 is 0. The SMILES string of the molecule is O=[N+]([O-])c1ccc(C=Cc2ccccc2O)c([N+](=O)[O-])c1. The van der Waals surface area contributed by atoms with Crippen LogP contribution in [-0.4, -0.2) is 15.0 Å². The highest BCUT2D eigenvalue weighted by atomic mass is 16.6. The topological polar surface area (TPSA) is 107 Å². The number of para-hydroxylation sites is 1. The number of aromatic hydroxyl groups is 1. The number of benzene rings is 2. The molecule has 2 aromatic rings. The second kappa shape index (κ2) is 5.83. The van der Waals surface area contributed by atoms with Gasteiger partial charge in [0.25, 0.3) is 11.4 Å². The van der Waals surface area contributed by atoms with Gasteiger partial charge in [0.2, 0.25) is 0 Å². The molecule has 0 radical (unpaired) electrons. The van der Waals surface area contributed by atoms with Crippen LogP contribution in [0.3, 0.4) is 0 Å². The Hall–Kier alpha value is -3.22. The predicted octanol–water partition coefficient (Wildman–Crippen LogP) is 3.38. The molecule has 0 saturated heterocycles. The van der Waals surface area contributed by atoms with Gasteiger partial charge in [0, 0.05) is 11.6 Å². The van der Waals surface area contributed by atoms with Crippen LogP contribution in [0.4, 0.5) is 11.4 Å². The van der Waals surface area contributed by atoms with E-state index in [-0.39, 0.29) is 22.7 Å². The molecule has 0 atom stereocenters. The Morgan fingerprint density at radius 3 is 2.19 bits per heavy atom. The summed E-state index contributed by atoms with van der Waals surface area (Å²) in [5.74, 6) is 0.0401. The first-order chi connectivity index (χ1) is 9.99. The van der Waals surface area contributed by atoms with E-state index in [4.69, 9.17) is 0 Å². The van der Waals surface area contributed by atoms with Gasteiger partial charge >= 0.3 is 0 Å². The summed E-state index contributed by atoms with van der Waals surface area (Å²) in [6, 6.07) is 9.90. The maximum absolute atomic E-state index is 11.0. The van der Waals surface area contributed by atoms with Gasteiger partial charge in [-0.2, -0.15) is 0 Å². The third-order valence-corrected chi connectivity index (χ3v) is 2.80. The van der Waals surface area contributed by atoms with Crippen molar-refractivity contribution in [3.05, 3.63) is 73.8 Å². The van der Waals surface area contributed by atoms with Crippen molar-refractivity contribution >= 4 is 23.5 Å². The van der Waals surface area contributed by atoms with E-state index in [1.165, 1.54) is 30.4 Å². The van der Waals surface area contributed by atoms with E-state index in [9.17, 15) is 25.3 Å². The van der Waals surface area contributed by atoms with Crippen LogP contribution in [0.2, 0.25) is 0 Å². The van der Waals surface area contributed by atoms with E-state index in [1.807, 2.05) is 0 Å². The molecule has 0 aromatic heterocycles. The normalized spacial score (nSPS) is 10.7. The molecule has 0 unspecified atom stereocenters. The smallest absolute Gasteiger partial charge is 0.283 e. The number of phenols is 1. The molecule has 0 aliphatic rings. The standard InChI is InChI=1S/C14H10N2O5/c17-14-4-2-1-3-11(14)6-5-10-7-8-12(15(18)19)9-13(10)16(20)21/h1-9,17H. The molecule has 106 valence electrons. The van der Waals surface area contributed by atoms with Crippen molar-refractivity contribution in [2.75, 3.05) is 0 Å². The fraction of sp³-hybridized carbons (Fsp3) is 0. The Morgan fingerprint density at radius 1 is 0.905 bits per heavy atom. The molecule has 1 N–H and O–H groups in total. The lowest BCUT2D eigenvalue weighted by atomic mass is 10.1. The molecule has 0 aliphatic heterocycles. The quantitative estimate of drug-likeness (QED) is 0.526. The van der Waals surface area contributed by atoms with Crippen LogP contribution >= 0.6 is 0 Å². The van der Waals surface area contributed by atoms with Crippen LogP contribution in [0, 0.1) is 20.2 Å². The van der Waals surface area contributed by atoms with Crippen molar-refractivity contribution in [2.24, 2.45) is 0 Å². The molecule has 0 aliphatic carbocycles. The lowest BCUT2D eigenvalue weighted by Gasteiger charge is -1.99. The summed E-state index contributed by atoms with van der Waals surface area (Å²) < 4.78 is 0. The number of hydrogen-bond donors (Lipinski definition) is 1. The number of nitrogens with zero attached hydrogens (tertiary/aromatic N) is 2. The zero-order chi connectivity index (χ0) is 15.4. The number of nitro benzene ring substituents is 2. The van der Waals surface area contributed by atoms with E-state index in [0.29, 0.717) is 5.56 Å². The zero-order valence-corrected chi connectivity index (χ0v) is 10.7. The van der Waals surface area contributed by atoms with E-state index >= 15 is 0 Å². The molecule has 7 nitrogen and oxygen atoms in total. The molecule has 21 heavy (non-hydrogen) atoms.